The molecule has 7 heteroatoms. The lowest BCUT2D eigenvalue weighted by Gasteiger charge is -2.21. The smallest absolute Gasteiger partial charge is 0.159 e. The number of fused-ring (bicyclic) bond motifs is 1. The second-order valence-electron chi connectivity index (χ2n) is 10.4. The van der Waals surface area contributed by atoms with Gasteiger partial charge in [-0.2, -0.15) is 0 Å². The van der Waals surface area contributed by atoms with Crippen LogP contribution in [-0.2, 0) is 5.60 Å². The van der Waals surface area contributed by atoms with E-state index in [1.54, 1.807) is 26.2 Å². The van der Waals surface area contributed by atoms with Crippen molar-refractivity contribution < 1.29 is 9.50 Å². The Bertz CT molecular complexity index is 1680. The molecule has 0 bridgehead atoms. The number of hydrogen-bond acceptors (Lipinski definition) is 5. The number of nitrogens with one attached hydrogen (secondary N) is 1. The quantitative estimate of drug-likeness (QED) is 0.227. The third-order valence-corrected chi connectivity index (χ3v) is 7.37. The molecule has 0 saturated carbocycles. The average molecular weight is 541 g/mol. The van der Waals surface area contributed by atoms with Crippen LogP contribution in [0.15, 0.2) is 73.1 Å². The number of rotatable bonds is 6. The molecule has 39 heavy (non-hydrogen) atoms. The summed E-state index contributed by atoms with van der Waals surface area (Å²) in [7, 11) is 0. The van der Waals surface area contributed by atoms with Crippen LogP contribution in [0.1, 0.15) is 49.5 Å². The third kappa shape index (κ3) is 5.35. The maximum Gasteiger partial charge on any atom is 0.159 e. The van der Waals surface area contributed by atoms with Gasteiger partial charge in [0.25, 0.3) is 0 Å². The lowest BCUT2D eigenvalue weighted by atomic mass is 9.96. The number of aryl methyl sites for hydroxylation is 2. The fourth-order valence-electron chi connectivity index (χ4n) is 4.71. The molecule has 198 valence electrons. The van der Waals surface area contributed by atoms with E-state index < -0.39 is 5.60 Å². The van der Waals surface area contributed by atoms with E-state index in [-0.39, 0.29) is 11.9 Å². The minimum atomic E-state index is -1.13. The summed E-state index contributed by atoms with van der Waals surface area (Å²) in [6.07, 6.45) is 3.37. The average Bonchev–Trinajstić information content (AvgIpc) is 2.91. The number of anilines is 1. The van der Waals surface area contributed by atoms with Gasteiger partial charge in [0.1, 0.15) is 11.4 Å². The Kier molecular flexibility index (Phi) is 7.10. The Morgan fingerprint density at radius 3 is 2.31 bits per heavy atom. The summed E-state index contributed by atoms with van der Waals surface area (Å²) in [6, 6.07) is 18.8. The molecular weight excluding hydrogens is 511 g/mol. The summed E-state index contributed by atoms with van der Waals surface area (Å²) in [5.74, 6) is 0.0572. The van der Waals surface area contributed by atoms with Gasteiger partial charge in [0.2, 0.25) is 0 Å². The molecule has 0 aliphatic heterocycles. The Morgan fingerprint density at radius 1 is 0.923 bits per heavy atom. The topological polar surface area (TPSA) is 70.9 Å². The van der Waals surface area contributed by atoms with Crippen LogP contribution in [0.2, 0.25) is 5.02 Å². The van der Waals surface area contributed by atoms with Crippen LogP contribution < -0.4 is 5.32 Å². The summed E-state index contributed by atoms with van der Waals surface area (Å²) in [6.45, 7) is 9.12. The first kappa shape index (κ1) is 26.7. The highest BCUT2D eigenvalue weighted by molar-refractivity contribution is 6.35. The molecule has 0 radical (unpaired) electrons. The van der Waals surface area contributed by atoms with E-state index in [0.717, 1.165) is 38.7 Å². The first-order valence-corrected chi connectivity index (χ1v) is 13.2. The highest BCUT2D eigenvalue weighted by Crippen LogP contribution is 2.38. The van der Waals surface area contributed by atoms with Crippen LogP contribution in [0.4, 0.5) is 10.1 Å². The van der Waals surface area contributed by atoms with Crippen molar-refractivity contribution in [3.05, 3.63) is 107 Å². The molecule has 5 aromatic rings. The van der Waals surface area contributed by atoms with Gasteiger partial charge in [-0.1, -0.05) is 48.0 Å². The van der Waals surface area contributed by atoms with Crippen LogP contribution in [-0.4, -0.2) is 20.1 Å². The first-order valence-electron chi connectivity index (χ1n) is 12.8. The Balaban J connectivity index is 1.55. The maximum atomic E-state index is 15.1. The largest absolute Gasteiger partial charge is 0.382 e. The van der Waals surface area contributed by atoms with Gasteiger partial charge in [0.05, 0.1) is 28.0 Å². The number of aliphatic hydroxyl groups is 1. The summed E-state index contributed by atoms with van der Waals surface area (Å²) < 4.78 is 15.1. The molecule has 1 atom stereocenters. The monoisotopic (exact) mass is 540 g/mol. The van der Waals surface area contributed by atoms with Gasteiger partial charge in [-0.25, -0.2) is 14.4 Å². The molecule has 0 fully saturated rings. The number of hydrogen-bond donors (Lipinski definition) is 2. The van der Waals surface area contributed by atoms with Crippen LogP contribution in [0, 0.1) is 19.7 Å². The van der Waals surface area contributed by atoms with E-state index in [4.69, 9.17) is 11.6 Å². The van der Waals surface area contributed by atoms with Gasteiger partial charge in [0, 0.05) is 28.9 Å². The van der Waals surface area contributed by atoms with Crippen molar-refractivity contribution in [2.45, 2.75) is 46.3 Å². The summed E-state index contributed by atoms with van der Waals surface area (Å²) in [5.41, 5.74) is 6.35. The lowest BCUT2D eigenvalue weighted by Crippen LogP contribution is -2.19. The maximum absolute atomic E-state index is 15.1. The van der Waals surface area contributed by atoms with E-state index in [0.29, 0.717) is 27.8 Å². The fraction of sp³-hybridized carbons (Fsp3) is 0.219. The fourth-order valence-corrected chi connectivity index (χ4v) is 4.91. The number of benzene rings is 3. The lowest BCUT2D eigenvalue weighted by molar-refractivity contribution is 0.0687. The van der Waals surface area contributed by atoms with E-state index >= 15 is 4.39 Å². The molecule has 2 heterocycles. The number of aromatic nitrogens is 3. The molecular formula is C32H30ClFN4O. The van der Waals surface area contributed by atoms with Crippen LogP contribution in [0.5, 0.6) is 0 Å². The second kappa shape index (κ2) is 10.4. The molecule has 0 amide bonds. The van der Waals surface area contributed by atoms with Gasteiger partial charge in [-0.3, -0.25) is 4.98 Å². The molecule has 0 aliphatic carbocycles. The third-order valence-electron chi connectivity index (χ3n) is 6.90. The molecule has 1 unspecified atom stereocenters. The predicted molar refractivity (Wildman–Crippen MR) is 156 cm³/mol. The standard InChI is InChI=1S/C32H30ClFN4O/c1-18-8-6-7-9-24(18)22-10-12-27(34)25(15-22)19(2)38-30-26-14-21(11-13-28(26)37-20(3)29(30)33)23-16-35-31(36-17-23)32(4,5)39/h6-17,19,39H,1-5H3,(H,37,38). The molecule has 2 N–H and O–H groups in total. The van der Waals surface area contributed by atoms with Crippen LogP contribution in [0.25, 0.3) is 33.2 Å². The number of pyridine rings is 1. The van der Waals surface area contributed by atoms with Crippen molar-refractivity contribution >= 4 is 28.2 Å². The summed E-state index contributed by atoms with van der Waals surface area (Å²) in [5, 5.41) is 15.0. The van der Waals surface area contributed by atoms with E-state index in [9.17, 15) is 5.11 Å². The van der Waals surface area contributed by atoms with Gasteiger partial charge in [0.15, 0.2) is 5.82 Å². The normalized spacial score (nSPS) is 12.5. The van der Waals surface area contributed by atoms with Gasteiger partial charge in [-0.05, 0) is 81.1 Å². The molecule has 5 rings (SSSR count). The highest BCUT2D eigenvalue weighted by atomic mass is 35.5. The van der Waals surface area contributed by atoms with Gasteiger partial charge >= 0.3 is 0 Å². The highest BCUT2D eigenvalue weighted by Gasteiger charge is 2.20. The number of nitrogens with zero attached hydrogens (tertiary/aromatic N) is 3. The van der Waals surface area contributed by atoms with E-state index in [1.807, 2.05) is 75.4 Å². The van der Waals surface area contributed by atoms with E-state index in [2.05, 4.69) is 20.3 Å². The molecule has 0 saturated heterocycles. The predicted octanol–water partition coefficient (Wildman–Crippen LogP) is 8.17. The molecule has 5 nitrogen and oxygen atoms in total. The summed E-state index contributed by atoms with van der Waals surface area (Å²) >= 11 is 6.79. The molecule has 0 spiro atoms. The first-order chi connectivity index (χ1) is 18.5. The molecule has 0 aliphatic rings. The zero-order valence-corrected chi connectivity index (χ0v) is 23.3. The van der Waals surface area contributed by atoms with Crippen molar-refractivity contribution in [1.82, 2.24) is 15.0 Å². The minimum absolute atomic E-state index is 0.289. The Morgan fingerprint density at radius 2 is 1.62 bits per heavy atom. The van der Waals surface area contributed by atoms with Crippen molar-refractivity contribution in [3.8, 4) is 22.3 Å². The van der Waals surface area contributed by atoms with Crippen LogP contribution >= 0.6 is 11.6 Å². The number of halogens is 2. The molecule has 3 aromatic carbocycles. The summed E-state index contributed by atoms with van der Waals surface area (Å²) in [4.78, 5) is 13.3. The van der Waals surface area contributed by atoms with Crippen molar-refractivity contribution in [2.75, 3.05) is 5.32 Å². The minimum Gasteiger partial charge on any atom is -0.382 e. The van der Waals surface area contributed by atoms with Crippen molar-refractivity contribution in [3.63, 3.8) is 0 Å². The van der Waals surface area contributed by atoms with Gasteiger partial charge < -0.3 is 10.4 Å². The van der Waals surface area contributed by atoms with E-state index in [1.165, 1.54) is 6.07 Å². The zero-order chi connectivity index (χ0) is 27.9. The van der Waals surface area contributed by atoms with Crippen molar-refractivity contribution in [1.29, 1.82) is 0 Å². The molecule has 2 aromatic heterocycles. The second-order valence-corrected chi connectivity index (χ2v) is 10.8. The zero-order valence-electron chi connectivity index (χ0n) is 22.6. The Labute approximate surface area is 232 Å². The SMILES string of the molecule is Cc1ccccc1-c1ccc(F)c(C(C)Nc2c(Cl)c(C)nc3ccc(-c4cnc(C(C)(C)O)nc4)cc23)c1. The van der Waals surface area contributed by atoms with Crippen LogP contribution in [0.3, 0.4) is 0 Å². The Hall–Kier alpha value is -3.87. The van der Waals surface area contributed by atoms with Gasteiger partial charge in [-0.15, -0.1) is 0 Å². The van der Waals surface area contributed by atoms with Crippen molar-refractivity contribution in [2.24, 2.45) is 0 Å².